The van der Waals surface area contributed by atoms with Crippen LogP contribution in [0.2, 0.25) is 0 Å². The molecule has 3 heterocycles. The molecule has 0 saturated carbocycles. The Hall–Kier alpha value is -1.69. The van der Waals surface area contributed by atoms with Crippen molar-refractivity contribution in [2.45, 2.75) is 13.8 Å². The minimum atomic E-state index is 0.810. The van der Waals surface area contributed by atoms with E-state index in [0.717, 1.165) is 49.6 Å². The van der Waals surface area contributed by atoms with Crippen LogP contribution in [-0.2, 0) is 0 Å². The Kier molecular flexibility index (Phi) is 3.33. The normalized spacial score (nSPS) is 17.5. The van der Waals surface area contributed by atoms with Crippen LogP contribution in [0, 0.1) is 5.92 Å². The lowest BCUT2D eigenvalue weighted by Crippen LogP contribution is -2.47. The molecule has 0 aliphatic carbocycles. The van der Waals surface area contributed by atoms with Crippen LogP contribution < -0.4 is 4.90 Å². The molecule has 19 heavy (non-hydrogen) atoms. The molecule has 6 heteroatoms. The molecule has 2 aromatic heterocycles. The molecule has 1 aliphatic heterocycles. The quantitative estimate of drug-likeness (QED) is 0.894. The van der Waals surface area contributed by atoms with Gasteiger partial charge in [-0.3, -0.25) is 10.00 Å². The summed E-state index contributed by atoms with van der Waals surface area (Å²) in [6, 6.07) is 0. The van der Waals surface area contributed by atoms with E-state index in [0.29, 0.717) is 0 Å². The van der Waals surface area contributed by atoms with Gasteiger partial charge in [0.05, 0.1) is 11.6 Å². The van der Waals surface area contributed by atoms with Crippen LogP contribution in [0.15, 0.2) is 12.5 Å². The van der Waals surface area contributed by atoms with Crippen molar-refractivity contribution in [3.63, 3.8) is 0 Å². The van der Waals surface area contributed by atoms with E-state index < -0.39 is 0 Å². The number of nitrogens with zero attached hydrogens (tertiary/aromatic N) is 5. The SMILES string of the molecule is C[C](C)CN1CCN(c2ncnc3[nH]ncc23)CC1. The third-order valence-electron chi connectivity index (χ3n) is 3.44. The third-order valence-corrected chi connectivity index (χ3v) is 3.44. The van der Waals surface area contributed by atoms with Gasteiger partial charge in [-0.15, -0.1) is 0 Å². The second-order valence-corrected chi connectivity index (χ2v) is 5.30. The number of rotatable bonds is 3. The molecular weight excluding hydrogens is 240 g/mol. The fourth-order valence-corrected chi connectivity index (χ4v) is 2.57. The Bertz CT molecular complexity index is 541. The van der Waals surface area contributed by atoms with Crippen LogP contribution in [0.25, 0.3) is 11.0 Å². The number of H-pyrrole nitrogens is 1. The molecule has 6 nitrogen and oxygen atoms in total. The minimum Gasteiger partial charge on any atom is -0.353 e. The smallest absolute Gasteiger partial charge is 0.160 e. The molecule has 1 radical (unpaired) electrons. The van der Waals surface area contributed by atoms with Gasteiger partial charge in [0.25, 0.3) is 0 Å². The van der Waals surface area contributed by atoms with Gasteiger partial charge in [-0.05, 0) is 5.92 Å². The van der Waals surface area contributed by atoms with E-state index in [1.165, 1.54) is 5.92 Å². The van der Waals surface area contributed by atoms with E-state index in [4.69, 9.17) is 0 Å². The Balaban J connectivity index is 1.73. The number of anilines is 1. The number of piperazine rings is 1. The monoisotopic (exact) mass is 259 g/mol. The first kappa shape index (κ1) is 12.3. The van der Waals surface area contributed by atoms with E-state index in [-0.39, 0.29) is 0 Å². The van der Waals surface area contributed by atoms with Crippen molar-refractivity contribution >= 4 is 16.9 Å². The van der Waals surface area contributed by atoms with Crippen LogP contribution in [0.1, 0.15) is 13.8 Å². The van der Waals surface area contributed by atoms with Gasteiger partial charge < -0.3 is 4.90 Å². The predicted molar refractivity (Wildman–Crippen MR) is 74.9 cm³/mol. The summed E-state index contributed by atoms with van der Waals surface area (Å²) in [7, 11) is 0. The zero-order valence-corrected chi connectivity index (χ0v) is 11.4. The average Bonchev–Trinajstić information content (AvgIpc) is 2.87. The van der Waals surface area contributed by atoms with E-state index >= 15 is 0 Å². The van der Waals surface area contributed by atoms with Gasteiger partial charge in [0.1, 0.15) is 12.1 Å². The highest BCUT2D eigenvalue weighted by atomic mass is 15.3. The summed E-state index contributed by atoms with van der Waals surface area (Å²) in [5.41, 5.74) is 0.810. The number of nitrogens with one attached hydrogen (secondary N) is 1. The van der Waals surface area contributed by atoms with E-state index in [9.17, 15) is 0 Å². The van der Waals surface area contributed by atoms with Gasteiger partial charge in [0, 0.05) is 32.7 Å². The van der Waals surface area contributed by atoms with Crippen molar-refractivity contribution in [2.24, 2.45) is 0 Å². The third kappa shape index (κ3) is 2.53. The fourth-order valence-electron chi connectivity index (χ4n) is 2.57. The average molecular weight is 259 g/mol. The van der Waals surface area contributed by atoms with Gasteiger partial charge in [0.15, 0.2) is 5.65 Å². The Morgan fingerprint density at radius 1 is 1.21 bits per heavy atom. The van der Waals surface area contributed by atoms with Crippen molar-refractivity contribution in [3.8, 4) is 0 Å². The number of aromatic nitrogens is 4. The zero-order valence-electron chi connectivity index (χ0n) is 11.4. The summed E-state index contributed by atoms with van der Waals surface area (Å²) in [5, 5.41) is 7.94. The first-order chi connectivity index (χ1) is 9.24. The maximum absolute atomic E-state index is 4.42. The first-order valence-corrected chi connectivity index (χ1v) is 6.64. The lowest BCUT2D eigenvalue weighted by atomic mass is 10.2. The van der Waals surface area contributed by atoms with Crippen molar-refractivity contribution < 1.29 is 0 Å². The molecule has 1 fully saturated rings. The topological polar surface area (TPSA) is 60.9 Å². The van der Waals surface area contributed by atoms with Crippen molar-refractivity contribution in [1.82, 2.24) is 25.1 Å². The number of hydrogen-bond acceptors (Lipinski definition) is 5. The van der Waals surface area contributed by atoms with Crippen LogP contribution in [0.5, 0.6) is 0 Å². The Morgan fingerprint density at radius 2 is 2.00 bits per heavy atom. The van der Waals surface area contributed by atoms with Crippen LogP contribution >= 0.6 is 0 Å². The molecule has 0 bridgehead atoms. The zero-order chi connectivity index (χ0) is 13.2. The second-order valence-electron chi connectivity index (χ2n) is 5.30. The molecule has 2 aromatic rings. The molecule has 0 spiro atoms. The van der Waals surface area contributed by atoms with E-state index in [1.54, 1.807) is 12.5 Å². The van der Waals surface area contributed by atoms with Crippen molar-refractivity contribution in [1.29, 1.82) is 0 Å². The molecule has 0 amide bonds. The van der Waals surface area contributed by atoms with Crippen molar-refractivity contribution in [2.75, 3.05) is 37.6 Å². The van der Waals surface area contributed by atoms with Gasteiger partial charge in [-0.1, -0.05) is 13.8 Å². The van der Waals surface area contributed by atoms with Gasteiger partial charge in [-0.25, -0.2) is 9.97 Å². The number of hydrogen-bond donors (Lipinski definition) is 1. The summed E-state index contributed by atoms with van der Waals surface area (Å²) in [4.78, 5) is 13.4. The molecule has 0 unspecified atom stereocenters. The summed E-state index contributed by atoms with van der Waals surface area (Å²) in [6.07, 6.45) is 3.41. The molecule has 1 N–H and O–H groups in total. The largest absolute Gasteiger partial charge is 0.353 e. The lowest BCUT2D eigenvalue weighted by molar-refractivity contribution is 0.267. The molecule has 3 rings (SSSR count). The first-order valence-electron chi connectivity index (χ1n) is 6.64. The molecular formula is C13H19N6. The highest BCUT2D eigenvalue weighted by Gasteiger charge is 2.20. The molecule has 101 valence electrons. The summed E-state index contributed by atoms with van der Waals surface area (Å²) < 4.78 is 0. The highest BCUT2D eigenvalue weighted by molar-refractivity contribution is 5.86. The molecule has 1 aliphatic rings. The van der Waals surface area contributed by atoms with Crippen LogP contribution in [-0.4, -0.2) is 57.8 Å². The maximum Gasteiger partial charge on any atom is 0.160 e. The summed E-state index contributed by atoms with van der Waals surface area (Å²) >= 11 is 0. The Morgan fingerprint density at radius 3 is 2.74 bits per heavy atom. The van der Waals surface area contributed by atoms with Gasteiger partial charge in [-0.2, -0.15) is 5.10 Å². The summed E-state index contributed by atoms with van der Waals surface area (Å²) in [6.45, 7) is 9.63. The van der Waals surface area contributed by atoms with Gasteiger partial charge >= 0.3 is 0 Å². The summed E-state index contributed by atoms with van der Waals surface area (Å²) in [5.74, 6) is 2.46. The molecule has 1 saturated heterocycles. The van der Waals surface area contributed by atoms with E-state index in [1.807, 2.05) is 0 Å². The second kappa shape index (κ2) is 5.13. The number of fused-ring (bicyclic) bond motifs is 1. The lowest BCUT2D eigenvalue weighted by Gasteiger charge is -2.36. The number of aromatic amines is 1. The Labute approximate surface area is 112 Å². The maximum atomic E-state index is 4.42. The standard InChI is InChI=1S/C13H19N6/c1-10(2)8-18-3-5-19(6-4-18)13-11-7-16-17-12(11)14-9-15-13/h7,9H,3-6,8H2,1-2H3,(H,14,15,16,17). The predicted octanol–water partition coefficient (Wildman–Crippen LogP) is 1.09. The van der Waals surface area contributed by atoms with Crippen LogP contribution in [0.4, 0.5) is 5.82 Å². The highest BCUT2D eigenvalue weighted by Crippen LogP contribution is 2.22. The molecule has 0 aromatic carbocycles. The van der Waals surface area contributed by atoms with E-state index in [2.05, 4.69) is 43.8 Å². The van der Waals surface area contributed by atoms with Gasteiger partial charge in [0.2, 0.25) is 0 Å². The molecule has 0 atom stereocenters. The fraction of sp³-hybridized carbons (Fsp3) is 0.538. The van der Waals surface area contributed by atoms with Crippen molar-refractivity contribution in [3.05, 3.63) is 18.4 Å². The van der Waals surface area contributed by atoms with Crippen LogP contribution in [0.3, 0.4) is 0 Å². The minimum absolute atomic E-state index is 0.810.